The predicted octanol–water partition coefficient (Wildman–Crippen LogP) is 6.89. The van der Waals surface area contributed by atoms with Gasteiger partial charge in [0.1, 0.15) is 11.6 Å². The van der Waals surface area contributed by atoms with Crippen molar-refractivity contribution in [3.63, 3.8) is 0 Å². The third-order valence-corrected chi connectivity index (χ3v) is 10.6. The van der Waals surface area contributed by atoms with Crippen LogP contribution in [0.1, 0.15) is 76.2 Å². The molecule has 1 aliphatic rings. The van der Waals surface area contributed by atoms with Crippen molar-refractivity contribution in [2.24, 2.45) is 11.8 Å². The summed E-state index contributed by atoms with van der Waals surface area (Å²) in [4.78, 5) is 63.6. The molecule has 0 aliphatic heterocycles. The highest BCUT2D eigenvalue weighted by Gasteiger charge is 2.38. The minimum absolute atomic E-state index is 0.177. The number of carboxylic acid groups (broad SMARTS) is 1. The summed E-state index contributed by atoms with van der Waals surface area (Å²) >= 11 is 6.69. The lowest BCUT2D eigenvalue weighted by molar-refractivity contribution is -0.192. The number of carboxylic acids is 1. The molecule has 1 saturated carbocycles. The van der Waals surface area contributed by atoms with Crippen molar-refractivity contribution in [3.05, 3.63) is 82.9 Å². The van der Waals surface area contributed by atoms with Crippen molar-refractivity contribution in [1.29, 1.82) is 0 Å². The van der Waals surface area contributed by atoms with E-state index in [9.17, 15) is 32.3 Å². The van der Waals surface area contributed by atoms with E-state index in [0.717, 1.165) is 54.7 Å². The third kappa shape index (κ3) is 16.2. The summed E-state index contributed by atoms with van der Waals surface area (Å²) in [6, 6.07) is 19.1. The Kier molecular flexibility index (Phi) is 18.6. The van der Waals surface area contributed by atoms with Crippen molar-refractivity contribution in [2.45, 2.75) is 84.5 Å². The maximum absolute atomic E-state index is 13.8. The lowest BCUT2D eigenvalue weighted by Gasteiger charge is -2.29. The molecule has 1 aromatic heterocycles. The Bertz CT molecular complexity index is 2160. The lowest BCUT2D eigenvalue weighted by Crippen LogP contribution is -2.48. The first-order chi connectivity index (χ1) is 30.3. The van der Waals surface area contributed by atoms with Gasteiger partial charge >= 0.3 is 18.2 Å². The van der Waals surface area contributed by atoms with E-state index in [1.807, 2.05) is 51.1 Å². The summed E-state index contributed by atoms with van der Waals surface area (Å²) in [6.45, 7) is 13.3. The van der Waals surface area contributed by atoms with Crippen LogP contribution in [0.4, 0.5) is 23.7 Å². The molecule has 3 aromatic carbocycles. The first kappa shape index (κ1) is 50.6. The van der Waals surface area contributed by atoms with Crippen LogP contribution in [0, 0.1) is 11.8 Å². The van der Waals surface area contributed by atoms with Crippen LogP contribution < -0.4 is 21.3 Å². The fraction of sp³-hybridized carbons (Fsp3) is 0.455. The number of nitrogens with one attached hydrogen (secondary N) is 5. The second-order valence-corrected chi connectivity index (χ2v) is 16.6. The maximum atomic E-state index is 13.8. The molecule has 1 fully saturated rings. The maximum Gasteiger partial charge on any atom is 0.490 e. The van der Waals surface area contributed by atoms with E-state index in [0.29, 0.717) is 48.0 Å². The van der Waals surface area contributed by atoms with Crippen LogP contribution in [0.25, 0.3) is 22.5 Å². The number of aromatic amines is 1. The van der Waals surface area contributed by atoms with Gasteiger partial charge in [0.25, 0.3) is 5.91 Å². The number of rotatable bonds is 16. The Morgan fingerprint density at radius 1 is 0.906 bits per heavy atom. The van der Waals surface area contributed by atoms with Crippen LogP contribution in [-0.2, 0) is 25.5 Å². The average Bonchev–Trinajstić information content (AvgIpc) is 3.80. The van der Waals surface area contributed by atoms with Crippen LogP contribution in [-0.4, -0.2) is 111 Å². The Hall–Kier alpha value is -6.08. The molecule has 0 spiro atoms. The first-order valence-electron chi connectivity index (χ1n) is 20.9. The van der Waals surface area contributed by atoms with E-state index in [-0.39, 0.29) is 36.0 Å². The number of anilines is 1. The van der Waals surface area contributed by atoms with Crippen LogP contribution >= 0.6 is 11.6 Å². The molecule has 1 aliphatic carbocycles. The molecule has 0 radical (unpaired) electrons. The highest BCUT2D eigenvalue weighted by Crippen LogP contribution is 2.31. The number of alkyl halides is 3. The molecule has 1 atom stereocenters. The third-order valence-electron chi connectivity index (χ3n) is 10.3. The number of likely N-dealkylation sites (N-methyl/N-ethyl adjacent to an activating group) is 1. The van der Waals surface area contributed by atoms with E-state index < -0.39 is 29.9 Å². The van der Waals surface area contributed by atoms with E-state index in [4.69, 9.17) is 26.2 Å². The SMILES string of the molecule is CCN(CC)CCNC(=O)c1ccc(-c2ccc(C[C@H](NC(=O)C3CCC(CNC(=O)OC(C)(C)C)CC3)C(=O)Nc3ccc(-c4nn[nH]n4)cc3)cc2)c(Cl)c1.O=C(O)C(F)(F)F. The average molecular weight is 914 g/mol. The topological polar surface area (TPSA) is 221 Å². The summed E-state index contributed by atoms with van der Waals surface area (Å²) in [5, 5.41) is 33.4. The van der Waals surface area contributed by atoms with Gasteiger partial charge in [0.05, 0.1) is 0 Å². The first-order valence-corrected chi connectivity index (χ1v) is 21.3. The van der Waals surface area contributed by atoms with Gasteiger partial charge in [-0.05, 0) is 118 Å². The van der Waals surface area contributed by atoms with Gasteiger partial charge < -0.3 is 36.0 Å². The summed E-state index contributed by atoms with van der Waals surface area (Å²) in [7, 11) is 0. The van der Waals surface area contributed by atoms with Gasteiger partial charge in [0.15, 0.2) is 0 Å². The van der Waals surface area contributed by atoms with E-state index in [2.05, 4.69) is 60.6 Å². The molecule has 20 heteroatoms. The van der Waals surface area contributed by atoms with Gasteiger partial charge in [-0.3, -0.25) is 14.4 Å². The second-order valence-electron chi connectivity index (χ2n) is 16.1. The van der Waals surface area contributed by atoms with Gasteiger partial charge in [-0.2, -0.15) is 18.4 Å². The van der Waals surface area contributed by atoms with E-state index in [1.54, 1.807) is 36.4 Å². The monoisotopic (exact) mass is 913 g/mol. The number of amides is 4. The fourth-order valence-corrected chi connectivity index (χ4v) is 7.09. The number of aromatic nitrogens is 4. The normalized spacial score (nSPS) is 15.5. The summed E-state index contributed by atoms with van der Waals surface area (Å²) in [6.07, 6.45) is -2.46. The predicted molar refractivity (Wildman–Crippen MR) is 234 cm³/mol. The minimum atomic E-state index is -5.08. The number of tetrazole rings is 1. The van der Waals surface area contributed by atoms with Crippen LogP contribution in [0.3, 0.4) is 0 Å². The number of nitrogens with zero attached hydrogens (tertiary/aromatic N) is 4. The number of hydrogen-bond donors (Lipinski definition) is 6. The number of benzene rings is 3. The Morgan fingerprint density at radius 2 is 1.53 bits per heavy atom. The van der Waals surface area contributed by atoms with Gasteiger partial charge in [-0.1, -0.05) is 55.8 Å². The van der Waals surface area contributed by atoms with Gasteiger partial charge in [-0.25, -0.2) is 9.59 Å². The molecule has 0 bridgehead atoms. The molecular formula is C44H55ClF3N9O7. The Morgan fingerprint density at radius 3 is 2.08 bits per heavy atom. The fourth-order valence-electron chi connectivity index (χ4n) is 6.80. The van der Waals surface area contributed by atoms with Crippen molar-refractivity contribution in [1.82, 2.24) is 41.5 Å². The number of halogens is 4. The molecule has 6 N–H and O–H groups in total. The summed E-state index contributed by atoms with van der Waals surface area (Å²) in [5.74, 6) is -3.06. The molecule has 5 rings (SSSR count). The van der Waals surface area contributed by atoms with Crippen LogP contribution in [0.2, 0.25) is 5.02 Å². The molecular weight excluding hydrogens is 859 g/mol. The minimum Gasteiger partial charge on any atom is -0.475 e. The van der Waals surface area contributed by atoms with Crippen LogP contribution in [0.15, 0.2) is 66.7 Å². The Balaban J connectivity index is 0.00000118. The van der Waals surface area contributed by atoms with Gasteiger partial charge in [0.2, 0.25) is 17.6 Å². The zero-order valence-electron chi connectivity index (χ0n) is 36.4. The standard InChI is InChI=1S/C42H54ClN9O5.C2HF3O2/c1-6-52(7-2)23-22-44-38(53)32-18-21-34(35(43)25-32)29-12-8-27(9-13-29)24-36(40(55)46-33-19-16-30(17-20-33)37-48-50-51-49-37)47-39(54)31-14-10-28(11-15-31)26-45-41(56)57-42(3,4)5;3-2(4,5)1(6)7/h8-9,12-13,16-21,25,28,31,36H,6-7,10-11,14-15,22-24,26H2,1-5H3,(H,44,53)(H,45,56)(H,46,55)(H,47,54)(H,48,49,50,51);(H,6,7)/t28?,31?,36-;/m0./s1. The number of carbonyl (C=O) groups is 5. The molecule has 64 heavy (non-hydrogen) atoms. The number of carbonyl (C=O) groups excluding carboxylic acids is 4. The van der Waals surface area contributed by atoms with Crippen LogP contribution in [0.5, 0.6) is 0 Å². The summed E-state index contributed by atoms with van der Waals surface area (Å²) < 4.78 is 37.1. The van der Waals surface area contributed by atoms with Gasteiger partial charge in [0, 0.05) is 59.4 Å². The van der Waals surface area contributed by atoms with Crippen molar-refractivity contribution < 1.29 is 47.0 Å². The zero-order valence-corrected chi connectivity index (χ0v) is 37.1. The van der Waals surface area contributed by atoms with Gasteiger partial charge in [-0.15, -0.1) is 10.2 Å². The number of hydrogen-bond acceptors (Lipinski definition) is 10. The quantitative estimate of drug-likeness (QED) is 0.0680. The highest BCUT2D eigenvalue weighted by molar-refractivity contribution is 6.33. The zero-order chi connectivity index (χ0) is 47.0. The van der Waals surface area contributed by atoms with Crippen molar-refractivity contribution in [3.8, 4) is 22.5 Å². The second kappa shape index (κ2) is 23.6. The molecule has 1 heterocycles. The van der Waals surface area contributed by atoms with Crippen molar-refractivity contribution >= 4 is 47.1 Å². The summed E-state index contributed by atoms with van der Waals surface area (Å²) in [5.41, 5.74) is 3.65. The lowest BCUT2D eigenvalue weighted by atomic mass is 9.81. The number of H-pyrrole nitrogens is 1. The van der Waals surface area contributed by atoms with E-state index in [1.165, 1.54) is 0 Å². The molecule has 4 amide bonds. The van der Waals surface area contributed by atoms with Crippen molar-refractivity contribution in [2.75, 3.05) is 38.0 Å². The Labute approximate surface area is 374 Å². The molecule has 0 saturated heterocycles. The molecule has 16 nitrogen and oxygen atoms in total. The number of ether oxygens (including phenoxy) is 1. The molecule has 0 unspecified atom stereocenters. The largest absolute Gasteiger partial charge is 0.490 e. The highest BCUT2D eigenvalue weighted by atomic mass is 35.5. The number of aliphatic carboxylic acids is 1. The molecule has 4 aromatic rings. The van der Waals surface area contributed by atoms with E-state index >= 15 is 0 Å². The number of alkyl carbamates (subject to hydrolysis) is 1. The smallest absolute Gasteiger partial charge is 0.475 e. The molecule has 346 valence electrons.